The van der Waals surface area contributed by atoms with E-state index in [-0.39, 0.29) is 18.4 Å². The maximum absolute atomic E-state index is 12.3. The SMILES string of the molecule is CCOC(=O)[C@H](CCSC)NC(=O)C(CCSC)NC(C)=O. The number of carbonyl (C=O) groups excluding carboxylic acids is 3. The summed E-state index contributed by atoms with van der Waals surface area (Å²) in [7, 11) is 0. The van der Waals surface area contributed by atoms with E-state index in [4.69, 9.17) is 4.74 Å². The van der Waals surface area contributed by atoms with Crippen LogP contribution in [0.5, 0.6) is 0 Å². The molecule has 0 saturated carbocycles. The number of hydrogen-bond donors (Lipinski definition) is 2. The summed E-state index contributed by atoms with van der Waals surface area (Å²) in [4.78, 5) is 35.4. The quantitative estimate of drug-likeness (QED) is 0.542. The average molecular weight is 351 g/mol. The van der Waals surface area contributed by atoms with Crippen molar-refractivity contribution in [2.45, 2.75) is 38.8 Å². The Bertz CT molecular complexity index is 367. The molecule has 128 valence electrons. The zero-order valence-corrected chi connectivity index (χ0v) is 15.3. The highest BCUT2D eigenvalue weighted by molar-refractivity contribution is 7.98. The molecule has 1 unspecified atom stereocenters. The summed E-state index contributed by atoms with van der Waals surface area (Å²) >= 11 is 3.19. The third kappa shape index (κ3) is 9.19. The highest BCUT2D eigenvalue weighted by Crippen LogP contribution is 2.06. The zero-order valence-electron chi connectivity index (χ0n) is 13.6. The van der Waals surface area contributed by atoms with Gasteiger partial charge >= 0.3 is 5.97 Å². The Morgan fingerprint density at radius 2 is 1.55 bits per heavy atom. The Morgan fingerprint density at radius 3 is 2.00 bits per heavy atom. The Kier molecular flexibility index (Phi) is 12.1. The van der Waals surface area contributed by atoms with Crippen LogP contribution in [0.25, 0.3) is 0 Å². The van der Waals surface area contributed by atoms with Crippen molar-refractivity contribution < 1.29 is 19.1 Å². The first-order chi connectivity index (χ1) is 10.5. The highest BCUT2D eigenvalue weighted by Gasteiger charge is 2.26. The van der Waals surface area contributed by atoms with Crippen LogP contribution in [-0.2, 0) is 19.1 Å². The fourth-order valence-corrected chi connectivity index (χ4v) is 2.69. The monoisotopic (exact) mass is 350 g/mol. The maximum Gasteiger partial charge on any atom is 0.328 e. The minimum atomic E-state index is -0.676. The van der Waals surface area contributed by atoms with Crippen LogP contribution in [-0.4, -0.2) is 60.5 Å². The van der Waals surface area contributed by atoms with Crippen LogP contribution in [0, 0.1) is 0 Å². The molecule has 8 heteroatoms. The van der Waals surface area contributed by atoms with Gasteiger partial charge in [-0.25, -0.2) is 4.79 Å². The van der Waals surface area contributed by atoms with Crippen molar-refractivity contribution in [1.82, 2.24) is 10.6 Å². The number of rotatable bonds is 11. The summed E-state index contributed by atoms with van der Waals surface area (Å²) in [5, 5.41) is 5.33. The predicted molar refractivity (Wildman–Crippen MR) is 92.2 cm³/mol. The average Bonchev–Trinajstić information content (AvgIpc) is 2.47. The van der Waals surface area contributed by atoms with Crippen molar-refractivity contribution in [3.63, 3.8) is 0 Å². The number of esters is 1. The van der Waals surface area contributed by atoms with Gasteiger partial charge in [0.2, 0.25) is 11.8 Å². The summed E-state index contributed by atoms with van der Waals surface area (Å²) in [6, 6.07) is -1.30. The van der Waals surface area contributed by atoms with Crippen molar-refractivity contribution in [2.24, 2.45) is 0 Å². The van der Waals surface area contributed by atoms with E-state index in [1.165, 1.54) is 6.92 Å². The van der Waals surface area contributed by atoms with Gasteiger partial charge in [-0.3, -0.25) is 9.59 Å². The van der Waals surface area contributed by atoms with E-state index in [1.54, 1.807) is 30.4 Å². The minimum absolute atomic E-state index is 0.266. The molecule has 0 aromatic rings. The predicted octanol–water partition coefficient (Wildman–Crippen LogP) is 1.05. The summed E-state index contributed by atoms with van der Waals surface area (Å²) in [6.07, 6.45) is 4.89. The molecular weight excluding hydrogens is 324 g/mol. The summed E-state index contributed by atoms with van der Waals surface area (Å²) < 4.78 is 4.99. The van der Waals surface area contributed by atoms with Crippen LogP contribution < -0.4 is 10.6 Å². The molecule has 0 aliphatic heterocycles. The summed E-state index contributed by atoms with van der Waals surface area (Å²) in [5.74, 6) is 0.435. The summed E-state index contributed by atoms with van der Waals surface area (Å²) in [5.41, 5.74) is 0. The Labute approximate surface area is 140 Å². The number of thioether (sulfide) groups is 2. The first-order valence-electron chi connectivity index (χ1n) is 7.18. The van der Waals surface area contributed by atoms with E-state index < -0.39 is 18.1 Å². The zero-order chi connectivity index (χ0) is 17.0. The maximum atomic E-state index is 12.3. The standard InChI is InChI=1S/C14H26N2O4S2/c1-5-20-14(19)12(7-9-22-4)16-13(18)11(6-8-21-3)15-10(2)17/h11-12H,5-9H2,1-4H3,(H,15,17)(H,16,18)/t11?,12-/m0/s1. The number of amides is 2. The Morgan fingerprint density at radius 1 is 1.00 bits per heavy atom. The van der Waals surface area contributed by atoms with E-state index in [1.807, 2.05) is 12.5 Å². The van der Waals surface area contributed by atoms with E-state index in [9.17, 15) is 14.4 Å². The molecule has 0 aliphatic carbocycles. The van der Waals surface area contributed by atoms with Gasteiger partial charge in [0.1, 0.15) is 12.1 Å². The van der Waals surface area contributed by atoms with Crippen LogP contribution in [0.1, 0.15) is 26.7 Å². The molecule has 0 radical (unpaired) electrons. The lowest BCUT2D eigenvalue weighted by molar-refractivity contribution is -0.147. The number of nitrogens with one attached hydrogen (secondary N) is 2. The van der Waals surface area contributed by atoms with E-state index >= 15 is 0 Å². The fourth-order valence-electron chi connectivity index (χ4n) is 1.75. The molecule has 0 saturated heterocycles. The van der Waals surface area contributed by atoms with Crippen molar-refractivity contribution in [1.29, 1.82) is 0 Å². The van der Waals surface area contributed by atoms with Gasteiger partial charge in [-0.05, 0) is 43.8 Å². The minimum Gasteiger partial charge on any atom is -0.464 e. The van der Waals surface area contributed by atoms with Crippen LogP contribution >= 0.6 is 23.5 Å². The third-order valence-corrected chi connectivity index (χ3v) is 4.09. The second kappa shape index (κ2) is 12.6. The van der Waals surface area contributed by atoms with E-state index in [0.717, 1.165) is 11.5 Å². The first-order valence-corrected chi connectivity index (χ1v) is 9.97. The first kappa shape index (κ1) is 21.1. The lowest BCUT2D eigenvalue weighted by Crippen LogP contribution is -2.52. The number of carbonyl (C=O) groups is 3. The van der Waals surface area contributed by atoms with Gasteiger partial charge in [0.05, 0.1) is 6.61 Å². The number of hydrogen-bond acceptors (Lipinski definition) is 6. The molecule has 0 aromatic heterocycles. The molecule has 0 aliphatic rings. The molecule has 22 heavy (non-hydrogen) atoms. The molecule has 0 rings (SSSR count). The molecule has 0 heterocycles. The second-order valence-corrected chi connectivity index (χ2v) is 6.60. The van der Waals surface area contributed by atoms with Crippen molar-refractivity contribution in [3.8, 4) is 0 Å². The molecule has 0 bridgehead atoms. The van der Waals surface area contributed by atoms with Gasteiger partial charge in [0.25, 0.3) is 0 Å². The molecule has 6 nitrogen and oxygen atoms in total. The molecule has 2 N–H and O–H groups in total. The molecule has 0 spiro atoms. The largest absolute Gasteiger partial charge is 0.464 e. The van der Waals surface area contributed by atoms with Crippen LogP contribution in [0.2, 0.25) is 0 Å². The molecule has 0 aromatic carbocycles. The Hall–Kier alpha value is -0.890. The van der Waals surface area contributed by atoms with Gasteiger partial charge in [-0.1, -0.05) is 0 Å². The van der Waals surface area contributed by atoms with Gasteiger partial charge in [-0.2, -0.15) is 23.5 Å². The molecular formula is C14H26N2O4S2. The second-order valence-electron chi connectivity index (χ2n) is 4.63. The lowest BCUT2D eigenvalue weighted by atomic mass is 10.1. The molecule has 2 atom stereocenters. The topological polar surface area (TPSA) is 84.5 Å². The number of ether oxygens (including phenoxy) is 1. The lowest BCUT2D eigenvalue weighted by Gasteiger charge is -2.22. The smallest absolute Gasteiger partial charge is 0.328 e. The Balaban J connectivity index is 4.76. The van der Waals surface area contributed by atoms with Gasteiger partial charge < -0.3 is 15.4 Å². The molecule has 2 amide bonds. The van der Waals surface area contributed by atoms with Gasteiger partial charge in [0.15, 0.2) is 0 Å². The van der Waals surface area contributed by atoms with E-state index in [2.05, 4.69) is 10.6 Å². The normalized spacial score (nSPS) is 13.1. The van der Waals surface area contributed by atoms with Crippen molar-refractivity contribution in [2.75, 3.05) is 30.6 Å². The van der Waals surface area contributed by atoms with Gasteiger partial charge in [0, 0.05) is 6.92 Å². The van der Waals surface area contributed by atoms with Crippen molar-refractivity contribution in [3.05, 3.63) is 0 Å². The highest BCUT2D eigenvalue weighted by atomic mass is 32.2. The summed E-state index contributed by atoms with van der Waals surface area (Å²) in [6.45, 7) is 3.37. The van der Waals surface area contributed by atoms with Gasteiger partial charge in [-0.15, -0.1) is 0 Å². The fraction of sp³-hybridized carbons (Fsp3) is 0.786. The van der Waals surface area contributed by atoms with Crippen molar-refractivity contribution >= 4 is 41.3 Å². The molecule has 0 fully saturated rings. The van der Waals surface area contributed by atoms with E-state index in [0.29, 0.717) is 12.8 Å². The van der Waals surface area contributed by atoms with Crippen LogP contribution in [0.4, 0.5) is 0 Å². The van der Waals surface area contributed by atoms with Crippen LogP contribution in [0.15, 0.2) is 0 Å². The third-order valence-electron chi connectivity index (χ3n) is 2.80. The van der Waals surface area contributed by atoms with Crippen LogP contribution in [0.3, 0.4) is 0 Å².